The van der Waals surface area contributed by atoms with Crippen molar-refractivity contribution in [2.24, 2.45) is 0 Å². The van der Waals surface area contributed by atoms with E-state index < -0.39 is 0 Å². The molecule has 28 heavy (non-hydrogen) atoms. The van der Waals surface area contributed by atoms with E-state index >= 15 is 0 Å². The molecule has 152 valence electrons. The molecule has 0 unspecified atom stereocenters. The van der Waals surface area contributed by atoms with Crippen LogP contribution in [0.5, 0.6) is 0 Å². The van der Waals surface area contributed by atoms with Gasteiger partial charge in [-0.2, -0.15) is 0 Å². The Kier molecular flexibility index (Phi) is 6.62. The van der Waals surface area contributed by atoms with Crippen molar-refractivity contribution in [3.8, 4) is 0 Å². The Morgan fingerprint density at radius 2 is 0.786 bits per heavy atom. The molecule has 2 heteroatoms. The molecule has 0 nitrogen and oxygen atoms in total. The van der Waals surface area contributed by atoms with E-state index in [1.165, 1.54) is 33.4 Å². The quantitative estimate of drug-likeness (QED) is 0.400. The normalized spacial score (nSPS) is 12.6. The fourth-order valence-corrected chi connectivity index (χ4v) is 10.3. The van der Waals surface area contributed by atoms with Crippen molar-refractivity contribution < 1.29 is 0 Å². The summed E-state index contributed by atoms with van der Waals surface area (Å²) < 4.78 is 0. The van der Waals surface area contributed by atoms with E-state index in [2.05, 4.69) is 107 Å². The van der Waals surface area contributed by atoms with E-state index in [9.17, 15) is 0 Å². The molecule has 2 aromatic carbocycles. The molecule has 0 aliphatic carbocycles. The van der Waals surface area contributed by atoms with Crippen molar-refractivity contribution in [1.29, 1.82) is 0 Å². The standard InChI is InChI=1S/C26H40BP/c1-17-13-19(3)23(20(4)14-17)27(28(25(7,8)9)26(10,11)12)24-21(5)15-18(2)16-22(24)6/h13-16H,1-12H3. The van der Waals surface area contributed by atoms with Gasteiger partial charge in [-0.05, 0) is 51.9 Å². The van der Waals surface area contributed by atoms with E-state index in [0.29, 0.717) is 6.43 Å². The van der Waals surface area contributed by atoms with Crippen LogP contribution in [-0.4, -0.2) is 16.7 Å². The van der Waals surface area contributed by atoms with Crippen LogP contribution in [0.4, 0.5) is 0 Å². The van der Waals surface area contributed by atoms with Gasteiger partial charge >= 0.3 is 0 Å². The minimum Gasteiger partial charge on any atom is -0.118 e. The lowest BCUT2D eigenvalue weighted by Gasteiger charge is -2.47. The van der Waals surface area contributed by atoms with Gasteiger partial charge in [-0.3, -0.25) is 0 Å². The third-order valence-electron chi connectivity index (χ3n) is 5.73. The van der Waals surface area contributed by atoms with Crippen LogP contribution >= 0.6 is 7.80 Å². The zero-order chi connectivity index (χ0) is 21.6. The number of benzene rings is 2. The van der Waals surface area contributed by atoms with Crippen LogP contribution in [0.25, 0.3) is 0 Å². The largest absolute Gasteiger partial charge is 0.239 e. The molecule has 0 aromatic heterocycles. The Hall–Kier alpha value is -1.07. The van der Waals surface area contributed by atoms with Crippen LogP contribution in [0.2, 0.25) is 0 Å². The Morgan fingerprint density at radius 3 is 1.00 bits per heavy atom. The lowest BCUT2D eigenvalue weighted by molar-refractivity contribution is 0.718. The summed E-state index contributed by atoms with van der Waals surface area (Å²) in [4.78, 5) is 0. The minimum absolute atomic E-state index is 0.256. The average Bonchev–Trinajstić information content (AvgIpc) is 2.41. The first-order valence-corrected chi connectivity index (χ1v) is 12.0. The first kappa shape index (κ1) is 23.2. The Morgan fingerprint density at radius 1 is 0.536 bits per heavy atom. The van der Waals surface area contributed by atoms with Gasteiger partial charge in [-0.15, -0.1) is 7.80 Å². The first-order valence-electron chi connectivity index (χ1n) is 10.6. The summed E-state index contributed by atoms with van der Waals surface area (Å²) in [5.74, 6) is 0. The molecular formula is C26H40BP. The molecule has 0 aliphatic heterocycles. The van der Waals surface area contributed by atoms with Crippen molar-refractivity contribution in [1.82, 2.24) is 0 Å². The zero-order valence-electron chi connectivity index (χ0n) is 20.3. The maximum absolute atomic E-state index is 2.45. The van der Waals surface area contributed by atoms with Crippen LogP contribution in [0.3, 0.4) is 0 Å². The van der Waals surface area contributed by atoms with Gasteiger partial charge < -0.3 is 0 Å². The van der Waals surface area contributed by atoms with Crippen molar-refractivity contribution in [3.05, 3.63) is 57.6 Å². The average molecular weight is 394 g/mol. The van der Waals surface area contributed by atoms with Gasteiger partial charge in [0.15, 0.2) is 0 Å². The molecule has 0 heterocycles. The monoisotopic (exact) mass is 394 g/mol. The highest BCUT2D eigenvalue weighted by Gasteiger charge is 2.45. The Labute approximate surface area is 176 Å². The van der Waals surface area contributed by atoms with Crippen molar-refractivity contribution in [3.63, 3.8) is 0 Å². The number of rotatable bonds is 3. The van der Waals surface area contributed by atoms with Gasteiger partial charge in [0.2, 0.25) is 6.43 Å². The highest BCUT2D eigenvalue weighted by Crippen LogP contribution is 2.61. The van der Waals surface area contributed by atoms with Crippen LogP contribution in [0.15, 0.2) is 24.3 Å². The molecule has 0 aliphatic rings. The van der Waals surface area contributed by atoms with Crippen molar-refractivity contribution >= 4 is 25.2 Å². The lowest BCUT2D eigenvalue weighted by Crippen LogP contribution is -2.52. The van der Waals surface area contributed by atoms with Gasteiger partial charge in [0, 0.05) is 0 Å². The fourth-order valence-electron chi connectivity index (χ4n) is 5.43. The van der Waals surface area contributed by atoms with Crippen LogP contribution in [0.1, 0.15) is 74.9 Å². The van der Waals surface area contributed by atoms with Gasteiger partial charge in [0.05, 0.1) is 0 Å². The first-order chi connectivity index (χ1) is 12.6. The molecule has 0 saturated carbocycles. The van der Waals surface area contributed by atoms with E-state index in [1.54, 1.807) is 10.9 Å². The van der Waals surface area contributed by atoms with Crippen LogP contribution in [0, 0.1) is 41.5 Å². The van der Waals surface area contributed by atoms with E-state index in [1.807, 2.05) is 0 Å². The summed E-state index contributed by atoms with van der Waals surface area (Å²) in [6.07, 6.45) is 0.455. The smallest absolute Gasteiger partial charge is 0.118 e. The third kappa shape index (κ3) is 4.73. The second-order valence-corrected chi connectivity index (χ2v) is 14.7. The van der Waals surface area contributed by atoms with Crippen LogP contribution in [-0.2, 0) is 0 Å². The van der Waals surface area contributed by atoms with Gasteiger partial charge in [0.25, 0.3) is 0 Å². The van der Waals surface area contributed by atoms with E-state index in [4.69, 9.17) is 0 Å². The predicted molar refractivity (Wildman–Crippen MR) is 133 cm³/mol. The molecule has 0 N–H and O–H groups in total. The second-order valence-electron chi connectivity index (χ2n) is 10.7. The molecular weight excluding hydrogens is 354 g/mol. The summed E-state index contributed by atoms with van der Waals surface area (Å²) in [6, 6.07) is 9.53. The van der Waals surface area contributed by atoms with Gasteiger partial charge in [0.1, 0.15) is 0 Å². The SMILES string of the molecule is Cc1cc(C)c(B(c2c(C)cc(C)cc2C)P(C(C)(C)C)C(C)(C)C)c(C)c1. The number of hydrogen-bond acceptors (Lipinski definition) is 0. The molecule has 0 saturated heterocycles. The topological polar surface area (TPSA) is 0 Å². The van der Waals surface area contributed by atoms with Crippen molar-refractivity contribution in [2.75, 3.05) is 0 Å². The lowest BCUT2D eigenvalue weighted by atomic mass is 9.56. The molecule has 0 atom stereocenters. The highest BCUT2D eigenvalue weighted by molar-refractivity contribution is 7.96. The van der Waals surface area contributed by atoms with Gasteiger partial charge in [-0.1, -0.05) is 110 Å². The van der Waals surface area contributed by atoms with E-state index in [-0.39, 0.29) is 18.1 Å². The molecule has 0 fully saturated rings. The molecule has 0 amide bonds. The fraction of sp³-hybridized carbons (Fsp3) is 0.538. The summed E-state index contributed by atoms with van der Waals surface area (Å²) in [6.45, 7) is 28.4. The Balaban J connectivity index is 2.97. The number of aryl methyl sites for hydroxylation is 6. The Bertz CT molecular complexity index is 747. The van der Waals surface area contributed by atoms with Crippen molar-refractivity contribution in [2.45, 2.75) is 93.4 Å². The summed E-state index contributed by atoms with van der Waals surface area (Å²) >= 11 is 0. The maximum Gasteiger partial charge on any atom is 0.239 e. The third-order valence-corrected chi connectivity index (χ3v) is 9.65. The van der Waals surface area contributed by atoms with E-state index in [0.717, 1.165) is 0 Å². The maximum atomic E-state index is 2.45. The summed E-state index contributed by atoms with van der Waals surface area (Å²) in [7, 11) is -0.343. The molecule has 0 bridgehead atoms. The van der Waals surface area contributed by atoms with Crippen LogP contribution < -0.4 is 10.9 Å². The highest BCUT2D eigenvalue weighted by atomic mass is 31.1. The molecule has 0 spiro atoms. The molecule has 0 radical (unpaired) electrons. The summed E-state index contributed by atoms with van der Waals surface area (Å²) in [5, 5.41) is 0.511. The number of hydrogen-bond donors (Lipinski definition) is 0. The summed E-state index contributed by atoms with van der Waals surface area (Å²) in [5.41, 5.74) is 11.7. The molecule has 2 rings (SSSR count). The minimum atomic E-state index is -0.343. The zero-order valence-corrected chi connectivity index (χ0v) is 21.2. The predicted octanol–water partition coefficient (Wildman–Crippen LogP) is 6.72. The van der Waals surface area contributed by atoms with Gasteiger partial charge in [-0.25, -0.2) is 0 Å². The molecule has 2 aromatic rings. The second kappa shape index (κ2) is 7.99.